The molecule has 0 fully saturated rings. The second-order valence-corrected chi connectivity index (χ2v) is 4.50. The van der Waals surface area contributed by atoms with Gasteiger partial charge in [-0.15, -0.1) is 10.2 Å². The maximum absolute atomic E-state index is 10.9. The summed E-state index contributed by atoms with van der Waals surface area (Å²) >= 11 is 1.29. The van der Waals surface area contributed by atoms with Crippen molar-refractivity contribution in [2.45, 2.75) is 32.7 Å². The molecule has 0 radical (unpaired) electrons. The minimum absolute atomic E-state index is 0.257. The average molecular weight is 253 g/mol. The van der Waals surface area contributed by atoms with Crippen LogP contribution in [0.25, 0.3) is 0 Å². The number of amides is 1. The van der Waals surface area contributed by atoms with Gasteiger partial charge < -0.3 is 10.6 Å². The van der Waals surface area contributed by atoms with Crippen molar-refractivity contribution in [2.75, 3.05) is 11.9 Å². The Hall–Kier alpha value is -1.68. The Labute approximate surface area is 104 Å². The summed E-state index contributed by atoms with van der Waals surface area (Å²) in [7, 11) is 0. The van der Waals surface area contributed by atoms with Gasteiger partial charge in [0.15, 0.2) is 11.0 Å². The monoisotopic (exact) mass is 253 g/mol. The highest BCUT2D eigenvalue weighted by atomic mass is 32.1. The van der Waals surface area contributed by atoms with E-state index in [4.69, 9.17) is 5.26 Å². The molecule has 0 saturated heterocycles. The van der Waals surface area contributed by atoms with Crippen molar-refractivity contribution < 1.29 is 4.79 Å². The third-order valence-electron chi connectivity index (χ3n) is 1.97. The first-order valence-electron chi connectivity index (χ1n) is 5.41. The number of nitrogens with one attached hydrogen (secondary N) is 2. The third kappa shape index (κ3) is 4.36. The molecule has 1 atom stereocenters. The Morgan fingerprint density at radius 1 is 1.59 bits per heavy atom. The molecule has 17 heavy (non-hydrogen) atoms. The lowest BCUT2D eigenvalue weighted by molar-refractivity contribution is -0.119. The Kier molecular flexibility index (Phi) is 5.36. The van der Waals surface area contributed by atoms with Crippen LogP contribution in [-0.2, 0) is 4.79 Å². The number of anilines is 1. The van der Waals surface area contributed by atoms with E-state index in [0.717, 1.165) is 19.4 Å². The molecule has 1 aromatic rings. The molecule has 1 rings (SSSR count). The second kappa shape index (κ2) is 6.81. The van der Waals surface area contributed by atoms with Crippen LogP contribution in [0, 0.1) is 11.3 Å². The minimum atomic E-state index is -0.716. The highest BCUT2D eigenvalue weighted by molar-refractivity contribution is 7.15. The van der Waals surface area contributed by atoms with Gasteiger partial charge in [-0.25, -0.2) is 0 Å². The van der Waals surface area contributed by atoms with E-state index in [1.54, 1.807) is 0 Å². The third-order valence-corrected chi connectivity index (χ3v) is 2.92. The summed E-state index contributed by atoms with van der Waals surface area (Å²) in [6.45, 7) is 4.31. The molecule has 2 N–H and O–H groups in total. The van der Waals surface area contributed by atoms with Gasteiger partial charge in [0, 0.05) is 13.5 Å². The molecule has 0 spiro atoms. The molecule has 0 unspecified atom stereocenters. The lowest BCUT2D eigenvalue weighted by Crippen LogP contribution is -2.24. The van der Waals surface area contributed by atoms with Gasteiger partial charge in [-0.2, -0.15) is 5.26 Å². The number of hydrogen-bond acceptors (Lipinski definition) is 6. The molecule has 7 heteroatoms. The number of unbranched alkanes of at least 4 members (excludes halogenated alkanes) is 1. The van der Waals surface area contributed by atoms with E-state index in [1.165, 1.54) is 18.3 Å². The molecule has 1 aromatic heterocycles. The molecule has 92 valence electrons. The van der Waals surface area contributed by atoms with Gasteiger partial charge >= 0.3 is 0 Å². The SMILES string of the molecule is CCCCNc1nnc([C@H](C#N)NC(C)=O)s1. The number of aromatic nitrogens is 2. The standard InChI is InChI=1S/C10H15N5OS/c1-3-4-5-12-10-15-14-9(17-10)8(6-11)13-7(2)16/h8H,3-5H2,1-2H3,(H,12,15)(H,13,16)/t8-/m0/s1. The maximum atomic E-state index is 10.9. The van der Waals surface area contributed by atoms with Gasteiger partial charge in [0.2, 0.25) is 11.0 Å². The molecule has 0 bridgehead atoms. The van der Waals surface area contributed by atoms with Gasteiger partial charge in [0.1, 0.15) is 0 Å². The number of nitriles is 1. The van der Waals surface area contributed by atoms with Crippen molar-refractivity contribution >= 4 is 22.4 Å². The quantitative estimate of drug-likeness (QED) is 0.749. The molecule has 0 aliphatic carbocycles. The molecular formula is C10H15N5OS. The fourth-order valence-corrected chi connectivity index (χ4v) is 1.91. The van der Waals surface area contributed by atoms with Crippen molar-refractivity contribution in [1.29, 1.82) is 5.26 Å². The second-order valence-electron chi connectivity index (χ2n) is 3.49. The van der Waals surface area contributed by atoms with Crippen molar-refractivity contribution in [2.24, 2.45) is 0 Å². The first-order chi connectivity index (χ1) is 8.17. The van der Waals surface area contributed by atoms with Crippen LogP contribution in [0.15, 0.2) is 0 Å². The maximum Gasteiger partial charge on any atom is 0.218 e. The minimum Gasteiger partial charge on any atom is -0.360 e. The van der Waals surface area contributed by atoms with Crippen LogP contribution < -0.4 is 10.6 Å². The van der Waals surface area contributed by atoms with Gasteiger partial charge in [0.25, 0.3) is 0 Å². The van der Waals surface area contributed by atoms with Crippen LogP contribution in [-0.4, -0.2) is 22.6 Å². The van der Waals surface area contributed by atoms with E-state index in [2.05, 4.69) is 27.8 Å². The zero-order valence-electron chi connectivity index (χ0n) is 9.86. The van der Waals surface area contributed by atoms with Gasteiger partial charge in [0.05, 0.1) is 6.07 Å². The lowest BCUT2D eigenvalue weighted by atomic mass is 10.3. The Balaban J connectivity index is 2.59. The lowest BCUT2D eigenvalue weighted by Gasteiger charge is -2.04. The summed E-state index contributed by atoms with van der Waals surface area (Å²) in [6, 6.07) is 1.26. The van der Waals surface area contributed by atoms with Gasteiger partial charge in [-0.1, -0.05) is 24.7 Å². The highest BCUT2D eigenvalue weighted by Crippen LogP contribution is 2.21. The molecule has 0 aliphatic rings. The molecule has 0 saturated carbocycles. The van der Waals surface area contributed by atoms with Gasteiger partial charge in [-0.05, 0) is 6.42 Å². The summed E-state index contributed by atoms with van der Waals surface area (Å²) in [5, 5.41) is 23.5. The predicted molar refractivity (Wildman–Crippen MR) is 65.5 cm³/mol. The highest BCUT2D eigenvalue weighted by Gasteiger charge is 2.16. The van der Waals surface area contributed by atoms with Crippen molar-refractivity contribution in [1.82, 2.24) is 15.5 Å². The Morgan fingerprint density at radius 2 is 2.35 bits per heavy atom. The van der Waals surface area contributed by atoms with Crippen LogP contribution in [0.1, 0.15) is 37.7 Å². The van der Waals surface area contributed by atoms with Crippen molar-refractivity contribution in [3.63, 3.8) is 0 Å². The van der Waals surface area contributed by atoms with E-state index in [0.29, 0.717) is 10.1 Å². The molecule has 6 nitrogen and oxygen atoms in total. The zero-order chi connectivity index (χ0) is 12.7. The van der Waals surface area contributed by atoms with Crippen LogP contribution in [0.3, 0.4) is 0 Å². The molecule has 1 amide bonds. The predicted octanol–water partition coefficient (Wildman–Crippen LogP) is 1.45. The van der Waals surface area contributed by atoms with E-state index >= 15 is 0 Å². The zero-order valence-corrected chi connectivity index (χ0v) is 10.7. The number of hydrogen-bond donors (Lipinski definition) is 2. The largest absolute Gasteiger partial charge is 0.360 e. The number of carbonyl (C=O) groups is 1. The molecular weight excluding hydrogens is 238 g/mol. The fourth-order valence-electron chi connectivity index (χ4n) is 1.15. The molecule has 0 aliphatic heterocycles. The number of nitrogens with zero attached hydrogens (tertiary/aromatic N) is 3. The van der Waals surface area contributed by atoms with Crippen LogP contribution in [0.2, 0.25) is 0 Å². The van der Waals surface area contributed by atoms with Crippen LogP contribution in [0.4, 0.5) is 5.13 Å². The van der Waals surface area contributed by atoms with Crippen LogP contribution >= 0.6 is 11.3 Å². The van der Waals surface area contributed by atoms with E-state index < -0.39 is 6.04 Å². The van der Waals surface area contributed by atoms with Gasteiger partial charge in [-0.3, -0.25) is 4.79 Å². The normalized spacial score (nSPS) is 11.6. The summed E-state index contributed by atoms with van der Waals surface area (Å²) < 4.78 is 0. The smallest absolute Gasteiger partial charge is 0.218 e. The Morgan fingerprint density at radius 3 is 2.94 bits per heavy atom. The molecule has 0 aromatic carbocycles. The molecule has 1 heterocycles. The Bertz CT molecular complexity index is 411. The first kappa shape index (κ1) is 13.4. The number of carbonyl (C=O) groups excluding carboxylic acids is 1. The van der Waals surface area contributed by atoms with Crippen molar-refractivity contribution in [3.05, 3.63) is 5.01 Å². The van der Waals surface area contributed by atoms with E-state index in [1.807, 2.05) is 6.07 Å². The first-order valence-corrected chi connectivity index (χ1v) is 6.23. The van der Waals surface area contributed by atoms with Crippen LogP contribution in [0.5, 0.6) is 0 Å². The number of rotatable bonds is 6. The summed E-state index contributed by atoms with van der Waals surface area (Å²) in [6.07, 6.45) is 2.16. The van der Waals surface area contributed by atoms with Crippen molar-refractivity contribution in [3.8, 4) is 6.07 Å². The summed E-state index contributed by atoms with van der Waals surface area (Å²) in [4.78, 5) is 10.9. The average Bonchev–Trinajstić information content (AvgIpc) is 2.74. The fraction of sp³-hybridized carbons (Fsp3) is 0.600. The summed E-state index contributed by atoms with van der Waals surface area (Å²) in [5.41, 5.74) is 0. The summed E-state index contributed by atoms with van der Waals surface area (Å²) in [5.74, 6) is -0.257. The van der Waals surface area contributed by atoms with E-state index in [-0.39, 0.29) is 5.91 Å². The van der Waals surface area contributed by atoms with E-state index in [9.17, 15) is 4.79 Å². The topological polar surface area (TPSA) is 90.7 Å².